The van der Waals surface area contributed by atoms with Crippen LogP contribution in [0.15, 0.2) is 29.2 Å². The average Bonchev–Trinajstić information content (AvgIpc) is 2.55. The van der Waals surface area contributed by atoms with Crippen molar-refractivity contribution < 1.29 is 17.9 Å². The minimum Gasteiger partial charge on any atom is -0.381 e. The number of ether oxygens (including phenoxy) is 1. The van der Waals surface area contributed by atoms with Gasteiger partial charge in [-0.1, -0.05) is 0 Å². The molecule has 7 heteroatoms. The molecular weight excluding hydrogens is 328 g/mol. The van der Waals surface area contributed by atoms with E-state index in [1.807, 2.05) is 0 Å². The van der Waals surface area contributed by atoms with Crippen LogP contribution < -0.4 is 10.0 Å². The van der Waals surface area contributed by atoms with Crippen molar-refractivity contribution >= 4 is 15.9 Å². The topological polar surface area (TPSA) is 84.5 Å². The van der Waals surface area contributed by atoms with Gasteiger partial charge in [0.25, 0.3) is 5.91 Å². The van der Waals surface area contributed by atoms with Crippen LogP contribution in [-0.2, 0) is 14.8 Å². The summed E-state index contributed by atoms with van der Waals surface area (Å²) in [6.45, 7) is 5.73. The van der Waals surface area contributed by atoms with Gasteiger partial charge in [0.2, 0.25) is 10.0 Å². The first-order valence-electron chi connectivity index (χ1n) is 8.37. The van der Waals surface area contributed by atoms with Crippen LogP contribution in [0.1, 0.15) is 43.5 Å². The normalized spacial score (nSPS) is 18.5. The molecule has 0 radical (unpaired) electrons. The summed E-state index contributed by atoms with van der Waals surface area (Å²) in [5.74, 6) is 0.321. The van der Waals surface area contributed by atoms with E-state index in [1.54, 1.807) is 13.8 Å². The van der Waals surface area contributed by atoms with Crippen molar-refractivity contribution in [2.45, 2.75) is 44.0 Å². The van der Waals surface area contributed by atoms with Crippen LogP contribution >= 0.6 is 0 Å². The van der Waals surface area contributed by atoms with Crippen molar-refractivity contribution in [3.63, 3.8) is 0 Å². The molecule has 1 aliphatic heterocycles. The number of nitrogens with one attached hydrogen (secondary N) is 2. The molecule has 1 aromatic rings. The number of carbonyl (C=O) groups is 1. The fraction of sp³-hybridized carbons (Fsp3) is 0.588. The molecule has 2 rings (SSSR count). The number of carbonyl (C=O) groups excluding carboxylic acids is 1. The largest absolute Gasteiger partial charge is 0.381 e. The second-order valence-corrected chi connectivity index (χ2v) is 8.14. The van der Waals surface area contributed by atoms with Gasteiger partial charge >= 0.3 is 0 Å². The molecule has 0 aliphatic carbocycles. The zero-order valence-electron chi connectivity index (χ0n) is 14.2. The summed E-state index contributed by atoms with van der Waals surface area (Å²) in [5, 5.41) is 2.88. The maximum absolute atomic E-state index is 12.1. The zero-order valence-corrected chi connectivity index (χ0v) is 15.1. The molecule has 1 fully saturated rings. The maximum atomic E-state index is 12.1. The van der Waals surface area contributed by atoms with E-state index in [4.69, 9.17) is 4.74 Å². The molecule has 2 N–H and O–H groups in total. The molecule has 1 aromatic carbocycles. The third-order valence-corrected chi connectivity index (χ3v) is 5.58. The maximum Gasteiger partial charge on any atom is 0.251 e. The van der Waals surface area contributed by atoms with E-state index in [0.717, 1.165) is 32.5 Å². The van der Waals surface area contributed by atoms with Gasteiger partial charge in [-0.15, -0.1) is 0 Å². The molecule has 134 valence electrons. The third-order valence-electron chi connectivity index (χ3n) is 3.91. The molecule has 6 nitrogen and oxygen atoms in total. The first kappa shape index (κ1) is 18.9. The number of benzene rings is 1. The Morgan fingerprint density at radius 2 is 2.00 bits per heavy atom. The first-order chi connectivity index (χ1) is 11.4. The summed E-state index contributed by atoms with van der Waals surface area (Å²) >= 11 is 0. The van der Waals surface area contributed by atoms with E-state index in [2.05, 4.69) is 10.0 Å². The van der Waals surface area contributed by atoms with Gasteiger partial charge in [0, 0.05) is 31.4 Å². The molecule has 0 spiro atoms. The van der Waals surface area contributed by atoms with Gasteiger partial charge in [-0.2, -0.15) is 0 Å². The first-order valence-corrected chi connectivity index (χ1v) is 9.85. The van der Waals surface area contributed by atoms with Crippen LogP contribution in [0.5, 0.6) is 0 Å². The van der Waals surface area contributed by atoms with Crippen molar-refractivity contribution in [3.8, 4) is 0 Å². The molecule has 1 amide bonds. The molecule has 0 bridgehead atoms. The van der Waals surface area contributed by atoms with Gasteiger partial charge in [0.1, 0.15) is 0 Å². The predicted octanol–water partition coefficient (Wildman–Crippen LogP) is 1.92. The molecule has 1 saturated heterocycles. The molecule has 1 aliphatic rings. The highest BCUT2D eigenvalue weighted by Gasteiger charge is 2.17. The molecule has 1 unspecified atom stereocenters. The van der Waals surface area contributed by atoms with Crippen molar-refractivity contribution in [2.24, 2.45) is 5.92 Å². The van der Waals surface area contributed by atoms with Gasteiger partial charge in [0.15, 0.2) is 0 Å². The van der Waals surface area contributed by atoms with Gasteiger partial charge in [-0.25, -0.2) is 13.1 Å². The summed E-state index contributed by atoms with van der Waals surface area (Å²) in [4.78, 5) is 12.3. The Morgan fingerprint density at radius 1 is 1.29 bits per heavy atom. The number of amides is 1. The second-order valence-electron chi connectivity index (χ2n) is 6.43. The average molecular weight is 354 g/mol. The van der Waals surface area contributed by atoms with Crippen LogP contribution in [0.25, 0.3) is 0 Å². The minimum atomic E-state index is -3.53. The highest BCUT2D eigenvalue weighted by molar-refractivity contribution is 7.89. The van der Waals surface area contributed by atoms with Crippen LogP contribution in [0.2, 0.25) is 0 Å². The van der Waals surface area contributed by atoms with Crippen molar-refractivity contribution in [2.75, 3.05) is 19.8 Å². The zero-order chi connectivity index (χ0) is 17.6. The lowest BCUT2D eigenvalue weighted by molar-refractivity contribution is 0.0514. The molecule has 0 aromatic heterocycles. The van der Waals surface area contributed by atoms with Crippen LogP contribution in [0.3, 0.4) is 0 Å². The Bertz CT molecular complexity index is 635. The Morgan fingerprint density at radius 3 is 2.58 bits per heavy atom. The van der Waals surface area contributed by atoms with E-state index in [9.17, 15) is 13.2 Å². The van der Waals surface area contributed by atoms with E-state index in [-0.39, 0.29) is 16.8 Å². The predicted molar refractivity (Wildman–Crippen MR) is 92.4 cm³/mol. The standard InChI is InChI=1S/C17H26N2O4S/c1-13(2)19-24(21,22)16-7-5-15(6-8-16)17(20)18-10-9-14-4-3-11-23-12-14/h5-8,13-14,19H,3-4,9-12H2,1-2H3,(H,18,20). The summed E-state index contributed by atoms with van der Waals surface area (Å²) in [5.41, 5.74) is 0.457. The van der Waals surface area contributed by atoms with Crippen molar-refractivity contribution in [1.29, 1.82) is 0 Å². The molecule has 1 heterocycles. The van der Waals surface area contributed by atoms with Gasteiger partial charge in [-0.3, -0.25) is 4.79 Å². The Hall–Kier alpha value is -1.44. The summed E-state index contributed by atoms with van der Waals surface area (Å²) in [7, 11) is -3.53. The number of hydrogen-bond acceptors (Lipinski definition) is 4. The summed E-state index contributed by atoms with van der Waals surface area (Å²) in [6.07, 6.45) is 3.13. The summed E-state index contributed by atoms with van der Waals surface area (Å²) < 4.78 is 32.0. The van der Waals surface area contributed by atoms with Crippen LogP contribution in [0, 0.1) is 5.92 Å². The summed E-state index contributed by atoms with van der Waals surface area (Å²) in [6, 6.07) is 5.80. The van der Waals surface area contributed by atoms with Crippen molar-refractivity contribution in [1.82, 2.24) is 10.0 Å². The smallest absolute Gasteiger partial charge is 0.251 e. The van der Waals surface area contributed by atoms with E-state index >= 15 is 0 Å². The van der Waals surface area contributed by atoms with Gasteiger partial charge < -0.3 is 10.1 Å². The lowest BCUT2D eigenvalue weighted by Crippen LogP contribution is -2.30. The Balaban J connectivity index is 1.86. The fourth-order valence-electron chi connectivity index (χ4n) is 2.69. The molecular formula is C17H26N2O4S. The SMILES string of the molecule is CC(C)NS(=O)(=O)c1ccc(C(=O)NCCC2CCCOC2)cc1. The van der Waals surface area contributed by atoms with Gasteiger partial charge in [-0.05, 0) is 63.3 Å². The molecule has 1 atom stereocenters. The number of sulfonamides is 1. The minimum absolute atomic E-state index is 0.159. The lowest BCUT2D eigenvalue weighted by atomic mass is 9.99. The van der Waals surface area contributed by atoms with Gasteiger partial charge in [0.05, 0.1) is 4.90 Å². The second kappa shape index (κ2) is 8.60. The monoisotopic (exact) mass is 354 g/mol. The lowest BCUT2D eigenvalue weighted by Gasteiger charge is -2.21. The van der Waals surface area contributed by atoms with E-state index in [1.165, 1.54) is 24.3 Å². The molecule has 0 saturated carbocycles. The highest BCUT2D eigenvalue weighted by atomic mass is 32.2. The van der Waals surface area contributed by atoms with Crippen LogP contribution in [0.4, 0.5) is 0 Å². The highest BCUT2D eigenvalue weighted by Crippen LogP contribution is 2.16. The molecule has 24 heavy (non-hydrogen) atoms. The number of rotatable bonds is 7. The number of hydrogen-bond donors (Lipinski definition) is 2. The van der Waals surface area contributed by atoms with Crippen molar-refractivity contribution in [3.05, 3.63) is 29.8 Å². The van der Waals surface area contributed by atoms with E-state index in [0.29, 0.717) is 18.0 Å². The third kappa shape index (κ3) is 5.58. The Labute approximate surface area is 144 Å². The quantitative estimate of drug-likeness (QED) is 0.783. The van der Waals surface area contributed by atoms with E-state index < -0.39 is 10.0 Å². The van der Waals surface area contributed by atoms with Crippen LogP contribution in [-0.4, -0.2) is 40.1 Å². The fourth-order valence-corrected chi connectivity index (χ4v) is 3.94. The Kier molecular flexibility index (Phi) is 6.77.